The molecule has 0 amide bonds. The summed E-state index contributed by atoms with van der Waals surface area (Å²) in [7, 11) is 3.62. The van der Waals surface area contributed by atoms with E-state index in [1.54, 1.807) is 7.11 Å². The summed E-state index contributed by atoms with van der Waals surface area (Å²) in [5.74, 6) is 0. The highest BCUT2D eigenvalue weighted by Crippen LogP contribution is 2.19. The van der Waals surface area contributed by atoms with Crippen LogP contribution in [0.4, 0.5) is 0 Å². The fourth-order valence-corrected chi connectivity index (χ4v) is 2.39. The van der Waals surface area contributed by atoms with Crippen LogP contribution in [0.2, 0.25) is 0 Å². The summed E-state index contributed by atoms with van der Waals surface area (Å²) in [6.07, 6.45) is -0.440. The molecule has 2 aromatic carbocycles. The van der Waals surface area contributed by atoms with E-state index in [0.29, 0.717) is 13.2 Å². The summed E-state index contributed by atoms with van der Waals surface area (Å²) >= 11 is 0. The number of aliphatic hydroxyl groups is 1. The summed E-state index contributed by atoms with van der Waals surface area (Å²) in [4.78, 5) is 2.12. The zero-order valence-electron chi connectivity index (χ0n) is 11.5. The minimum absolute atomic E-state index is 0.375. The lowest BCUT2D eigenvalue weighted by atomic mass is 10.0. The van der Waals surface area contributed by atoms with Gasteiger partial charge >= 0.3 is 0 Å². The number of hydrogen-bond donors (Lipinski definition) is 1. The van der Waals surface area contributed by atoms with Gasteiger partial charge in [0.15, 0.2) is 0 Å². The van der Waals surface area contributed by atoms with Gasteiger partial charge in [0.05, 0.1) is 12.7 Å². The molecule has 2 rings (SSSR count). The molecule has 0 aliphatic carbocycles. The molecule has 0 spiro atoms. The van der Waals surface area contributed by atoms with Crippen LogP contribution in [0.5, 0.6) is 0 Å². The molecule has 1 N–H and O–H groups in total. The van der Waals surface area contributed by atoms with E-state index in [0.717, 1.165) is 6.54 Å². The fraction of sp³-hybridized carbons (Fsp3) is 0.375. The number of ether oxygens (including phenoxy) is 1. The van der Waals surface area contributed by atoms with Crippen molar-refractivity contribution in [3.05, 3.63) is 48.0 Å². The number of fused-ring (bicyclic) bond motifs is 1. The number of aliphatic hydroxyl groups excluding tert-OH is 1. The normalized spacial score (nSPS) is 13.1. The monoisotopic (exact) mass is 259 g/mol. The molecule has 1 atom stereocenters. The van der Waals surface area contributed by atoms with Gasteiger partial charge in [-0.25, -0.2) is 0 Å². The van der Waals surface area contributed by atoms with E-state index in [1.165, 1.54) is 16.3 Å². The first-order valence-corrected chi connectivity index (χ1v) is 6.53. The van der Waals surface area contributed by atoms with Crippen molar-refractivity contribution in [1.29, 1.82) is 0 Å². The van der Waals surface area contributed by atoms with Crippen LogP contribution in [0.3, 0.4) is 0 Å². The topological polar surface area (TPSA) is 32.7 Å². The van der Waals surface area contributed by atoms with Crippen LogP contribution in [0.15, 0.2) is 42.5 Å². The fourth-order valence-electron chi connectivity index (χ4n) is 2.39. The van der Waals surface area contributed by atoms with E-state index >= 15 is 0 Å². The minimum Gasteiger partial charge on any atom is -0.389 e. The van der Waals surface area contributed by atoms with Crippen molar-refractivity contribution in [3.63, 3.8) is 0 Å². The zero-order chi connectivity index (χ0) is 13.7. The lowest BCUT2D eigenvalue weighted by Crippen LogP contribution is -2.31. The molecule has 19 heavy (non-hydrogen) atoms. The molecule has 3 heteroatoms. The first-order chi connectivity index (χ1) is 9.20. The molecular formula is C16H21NO2. The Morgan fingerprint density at radius 2 is 1.89 bits per heavy atom. The molecule has 1 unspecified atom stereocenters. The number of methoxy groups -OCH3 is 1. The molecule has 0 radical (unpaired) electrons. The van der Waals surface area contributed by atoms with Crippen LogP contribution in [0, 0.1) is 0 Å². The second-order valence-corrected chi connectivity index (χ2v) is 4.94. The molecule has 0 saturated heterocycles. The predicted octanol–water partition coefficient (Wildman–Crippen LogP) is 2.28. The summed E-state index contributed by atoms with van der Waals surface area (Å²) in [5, 5.41) is 12.3. The number of rotatable bonds is 6. The van der Waals surface area contributed by atoms with Crippen LogP contribution in [-0.4, -0.2) is 43.4 Å². The Kier molecular flexibility index (Phi) is 4.91. The molecule has 102 valence electrons. The van der Waals surface area contributed by atoms with Gasteiger partial charge in [-0.3, -0.25) is 4.90 Å². The van der Waals surface area contributed by atoms with Gasteiger partial charge in [-0.1, -0.05) is 42.5 Å². The van der Waals surface area contributed by atoms with Crippen LogP contribution in [0.1, 0.15) is 5.56 Å². The second kappa shape index (κ2) is 6.66. The Labute approximate surface area is 114 Å². The van der Waals surface area contributed by atoms with Crippen LogP contribution in [-0.2, 0) is 11.3 Å². The number of benzene rings is 2. The Hall–Kier alpha value is -1.42. The maximum atomic E-state index is 9.74. The quantitative estimate of drug-likeness (QED) is 0.864. The molecule has 2 aromatic rings. The average Bonchev–Trinajstić information content (AvgIpc) is 2.39. The molecule has 0 bridgehead atoms. The summed E-state index contributed by atoms with van der Waals surface area (Å²) < 4.78 is 4.95. The zero-order valence-corrected chi connectivity index (χ0v) is 11.5. The van der Waals surface area contributed by atoms with Gasteiger partial charge in [-0.15, -0.1) is 0 Å². The predicted molar refractivity (Wildman–Crippen MR) is 78.2 cm³/mol. The van der Waals surface area contributed by atoms with Gasteiger partial charge < -0.3 is 9.84 Å². The molecule has 0 aliphatic heterocycles. The smallest absolute Gasteiger partial charge is 0.0900 e. The molecule has 0 aromatic heterocycles. The van der Waals surface area contributed by atoms with Gasteiger partial charge in [0.1, 0.15) is 0 Å². The highest BCUT2D eigenvalue weighted by atomic mass is 16.5. The average molecular weight is 259 g/mol. The minimum atomic E-state index is -0.440. The highest BCUT2D eigenvalue weighted by Gasteiger charge is 2.09. The van der Waals surface area contributed by atoms with Crippen molar-refractivity contribution in [2.75, 3.05) is 27.3 Å². The van der Waals surface area contributed by atoms with E-state index in [-0.39, 0.29) is 0 Å². The van der Waals surface area contributed by atoms with Crippen LogP contribution in [0.25, 0.3) is 10.8 Å². The lowest BCUT2D eigenvalue weighted by molar-refractivity contribution is 0.0419. The van der Waals surface area contributed by atoms with Crippen molar-refractivity contribution < 1.29 is 9.84 Å². The standard InChI is InChI=1S/C16H21NO2/c1-17(11-15(18)12-19-2)10-14-8-5-7-13-6-3-4-9-16(13)14/h3-9,15,18H,10-12H2,1-2H3. The summed E-state index contributed by atoms with van der Waals surface area (Å²) in [5.41, 5.74) is 1.28. The van der Waals surface area contributed by atoms with Crippen LogP contribution >= 0.6 is 0 Å². The summed E-state index contributed by atoms with van der Waals surface area (Å²) in [6, 6.07) is 14.7. The van der Waals surface area contributed by atoms with Crippen molar-refractivity contribution in [3.8, 4) is 0 Å². The lowest BCUT2D eigenvalue weighted by Gasteiger charge is -2.21. The summed E-state index contributed by atoms with van der Waals surface area (Å²) in [6.45, 7) is 1.80. The Bertz CT molecular complexity index is 522. The second-order valence-electron chi connectivity index (χ2n) is 4.94. The third kappa shape index (κ3) is 3.77. The van der Waals surface area contributed by atoms with Crippen LogP contribution < -0.4 is 0 Å². The Morgan fingerprint density at radius 1 is 1.16 bits per heavy atom. The first kappa shape index (κ1) is 14.0. The van der Waals surface area contributed by atoms with E-state index in [2.05, 4.69) is 47.4 Å². The van der Waals surface area contributed by atoms with Gasteiger partial charge in [-0.05, 0) is 23.4 Å². The Balaban J connectivity index is 2.08. The van der Waals surface area contributed by atoms with E-state index < -0.39 is 6.10 Å². The van der Waals surface area contributed by atoms with E-state index in [1.807, 2.05) is 7.05 Å². The first-order valence-electron chi connectivity index (χ1n) is 6.53. The SMILES string of the molecule is COCC(O)CN(C)Cc1cccc2ccccc12. The maximum absolute atomic E-state index is 9.74. The van der Waals surface area contributed by atoms with Gasteiger partial charge in [0, 0.05) is 20.2 Å². The Morgan fingerprint density at radius 3 is 2.68 bits per heavy atom. The third-order valence-electron chi connectivity index (χ3n) is 3.20. The van der Waals surface area contributed by atoms with Gasteiger partial charge in [-0.2, -0.15) is 0 Å². The molecule has 0 heterocycles. The van der Waals surface area contributed by atoms with Crippen molar-refractivity contribution in [1.82, 2.24) is 4.90 Å². The number of likely N-dealkylation sites (N-methyl/N-ethyl adjacent to an activating group) is 1. The largest absolute Gasteiger partial charge is 0.389 e. The van der Waals surface area contributed by atoms with Crippen molar-refractivity contribution in [2.45, 2.75) is 12.6 Å². The third-order valence-corrected chi connectivity index (χ3v) is 3.20. The van der Waals surface area contributed by atoms with Gasteiger partial charge in [0.25, 0.3) is 0 Å². The molecular weight excluding hydrogens is 238 g/mol. The van der Waals surface area contributed by atoms with E-state index in [4.69, 9.17) is 4.74 Å². The highest BCUT2D eigenvalue weighted by molar-refractivity contribution is 5.85. The molecule has 3 nitrogen and oxygen atoms in total. The van der Waals surface area contributed by atoms with Gasteiger partial charge in [0.2, 0.25) is 0 Å². The number of nitrogens with zero attached hydrogens (tertiary/aromatic N) is 1. The molecule has 0 aliphatic rings. The maximum Gasteiger partial charge on any atom is 0.0900 e. The molecule has 0 fully saturated rings. The van der Waals surface area contributed by atoms with Crippen molar-refractivity contribution >= 4 is 10.8 Å². The number of hydrogen-bond acceptors (Lipinski definition) is 3. The van der Waals surface area contributed by atoms with E-state index in [9.17, 15) is 5.11 Å². The van der Waals surface area contributed by atoms with Crippen molar-refractivity contribution in [2.24, 2.45) is 0 Å². The molecule has 0 saturated carbocycles.